The number of hydrogen-bond donors (Lipinski definition) is 0. The van der Waals surface area contributed by atoms with Crippen molar-refractivity contribution in [2.75, 3.05) is 0 Å². The van der Waals surface area contributed by atoms with Gasteiger partial charge in [0.05, 0.1) is 9.88 Å². The quantitative estimate of drug-likeness (QED) is 0.767. The van der Waals surface area contributed by atoms with Crippen LogP contribution in [-0.4, -0.2) is 11.3 Å². The third-order valence-electron chi connectivity index (χ3n) is 7.65. The maximum Gasteiger partial charge on any atom is 0.150 e. The standard InChI is InChI=1S/C20H19NOS/c22-11-12-1-3-14(4-2-12)17-10-21-18(23-17)19-8-15-5-13-6-16(9-19)20(15,19)7-13/h1-4,10-11,13,15-16H,5-9H2. The summed E-state index contributed by atoms with van der Waals surface area (Å²) < 4.78 is 0. The van der Waals surface area contributed by atoms with Crippen LogP contribution in [0.2, 0.25) is 0 Å². The minimum Gasteiger partial charge on any atom is -0.298 e. The van der Waals surface area contributed by atoms with E-state index in [1.165, 1.54) is 47.6 Å². The van der Waals surface area contributed by atoms with Crippen LogP contribution < -0.4 is 0 Å². The Morgan fingerprint density at radius 1 is 1.09 bits per heavy atom. The zero-order chi connectivity index (χ0) is 15.2. The predicted octanol–water partition coefficient (Wildman–Crippen LogP) is 4.70. The van der Waals surface area contributed by atoms with E-state index in [1.807, 2.05) is 35.6 Å². The van der Waals surface area contributed by atoms with Crippen LogP contribution >= 0.6 is 11.3 Å². The fourth-order valence-electron chi connectivity index (χ4n) is 6.91. The van der Waals surface area contributed by atoms with Gasteiger partial charge in [0, 0.05) is 17.2 Å². The average Bonchev–Trinajstić information content (AvgIpc) is 3.24. The maximum atomic E-state index is 10.8. The lowest BCUT2D eigenvalue weighted by molar-refractivity contribution is -0.205. The third-order valence-corrected chi connectivity index (χ3v) is 8.90. The maximum absolute atomic E-state index is 10.8. The predicted molar refractivity (Wildman–Crippen MR) is 90.6 cm³/mol. The fraction of sp³-hybridized carbons (Fsp3) is 0.500. The molecule has 4 saturated carbocycles. The fourth-order valence-corrected chi connectivity index (χ4v) is 8.14. The third kappa shape index (κ3) is 1.30. The molecule has 4 aliphatic carbocycles. The molecule has 4 aliphatic rings. The molecule has 0 aliphatic heterocycles. The lowest BCUT2D eigenvalue weighted by Crippen LogP contribution is -2.70. The normalized spacial score (nSPS) is 42.0. The van der Waals surface area contributed by atoms with Crippen LogP contribution in [0.1, 0.15) is 47.5 Å². The average molecular weight is 321 g/mol. The monoisotopic (exact) mass is 321 g/mol. The van der Waals surface area contributed by atoms with Crippen molar-refractivity contribution in [2.45, 2.75) is 37.5 Å². The summed E-state index contributed by atoms with van der Waals surface area (Å²) in [6.45, 7) is 0. The van der Waals surface area contributed by atoms with Crippen molar-refractivity contribution in [2.24, 2.45) is 23.2 Å². The highest BCUT2D eigenvalue weighted by Crippen LogP contribution is 2.87. The Labute approximate surface area is 140 Å². The van der Waals surface area contributed by atoms with E-state index in [9.17, 15) is 4.79 Å². The summed E-state index contributed by atoms with van der Waals surface area (Å²) in [7, 11) is 0. The highest BCUT2D eigenvalue weighted by atomic mass is 32.1. The van der Waals surface area contributed by atoms with Crippen molar-refractivity contribution in [3.8, 4) is 10.4 Å². The van der Waals surface area contributed by atoms with Crippen LogP contribution in [0.3, 0.4) is 0 Å². The number of benzene rings is 1. The molecule has 2 atom stereocenters. The molecule has 1 spiro atoms. The van der Waals surface area contributed by atoms with E-state index in [1.54, 1.807) is 0 Å². The van der Waals surface area contributed by atoms with Crippen LogP contribution in [0, 0.1) is 23.2 Å². The molecule has 1 heterocycles. The van der Waals surface area contributed by atoms with Gasteiger partial charge in [0.25, 0.3) is 0 Å². The van der Waals surface area contributed by atoms with Crippen molar-refractivity contribution in [1.82, 2.24) is 4.98 Å². The molecule has 0 radical (unpaired) electrons. The molecule has 2 nitrogen and oxygen atoms in total. The van der Waals surface area contributed by atoms with Gasteiger partial charge >= 0.3 is 0 Å². The number of aldehydes is 1. The summed E-state index contributed by atoms with van der Waals surface area (Å²) in [5, 5.41) is 1.40. The summed E-state index contributed by atoms with van der Waals surface area (Å²) in [5.74, 6) is 3.06. The number of hydrogen-bond acceptors (Lipinski definition) is 3. The van der Waals surface area contributed by atoms with Crippen LogP contribution in [0.15, 0.2) is 30.5 Å². The van der Waals surface area contributed by atoms with E-state index < -0.39 is 0 Å². The molecule has 2 unspecified atom stereocenters. The Balaban J connectivity index is 1.37. The Bertz CT molecular complexity index is 804. The van der Waals surface area contributed by atoms with Gasteiger partial charge in [0.15, 0.2) is 0 Å². The molecule has 1 aromatic heterocycles. The van der Waals surface area contributed by atoms with E-state index in [2.05, 4.69) is 6.20 Å². The molecule has 1 aromatic carbocycles. The minimum atomic E-state index is 0.444. The van der Waals surface area contributed by atoms with Crippen molar-refractivity contribution in [3.05, 3.63) is 41.0 Å². The molecule has 116 valence electrons. The van der Waals surface area contributed by atoms with Gasteiger partial charge in [-0.2, -0.15) is 0 Å². The molecule has 4 fully saturated rings. The van der Waals surface area contributed by atoms with Gasteiger partial charge in [-0.15, -0.1) is 11.3 Å². The van der Waals surface area contributed by atoms with Gasteiger partial charge in [-0.3, -0.25) is 4.79 Å². The first-order chi connectivity index (χ1) is 11.2. The van der Waals surface area contributed by atoms with Gasteiger partial charge in [0.2, 0.25) is 0 Å². The number of fused-ring (bicyclic) bond motifs is 1. The van der Waals surface area contributed by atoms with Crippen molar-refractivity contribution in [3.63, 3.8) is 0 Å². The number of carbonyl (C=O) groups is 1. The first-order valence-corrected chi connectivity index (χ1v) is 9.59. The number of aromatic nitrogens is 1. The minimum absolute atomic E-state index is 0.444. The molecule has 23 heavy (non-hydrogen) atoms. The molecule has 0 saturated heterocycles. The smallest absolute Gasteiger partial charge is 0.150 e. The molecule has 2 bridgehead atoms. The largest absolute Gasteiger partial charge is 0.298 e. The second kappa shape index (κ2) is 3.94. The van der Waals surface area contributed by atoms with Crippen molar-refractivity contribution in [1.29, 1.82) is 0 Å². The molecule has 2 aromatic rings. The number of thiazole rings is 1. The van der Waals surface area contributed by atoms with Crippen molar-refractivity contribution >= 4 is 17.6 Å². The Hall–Kier alpha value is -1.48. The van der Waals surface area contributed by atoms with Gasteiger partial charge in [-0.25, -0.2) is 4.98 Å². The summed E-state index contributed by atoms with van der Waals surface area (Å²) in [4.78, 5) is 17.0. The molecular formula is C20H19NOS. The molecule has 0 N–H and O–H groups in total. The van der Waals surface area contributed by atoms with E-state index in [0.29, 0.717) is 10.8 Å². The van der Waals surface area contributed by atoms with E-state index in [0.717, 1.165) is 29.6 Å². The molecule has 6 rings (SSSR count). The summed E-state index contributed by atoms with van der Waals surface area (Å²) >= 11 is 1.90. The summed E-state index contributed by atoms with van der Waals surface area (Å²) in [6, 6.07) is 7.89. The Morgan fingerprint density at radius 3 is 2.48 bits per heavy atom. The zero-order valence-electron chi connectivity index (χ0n) is 13.0. The van der Waals surface area contributed by atoms with Gasteiger partial charge in [-0.05, 0) is 60.8 Å². The lowest BCUT2D eigenvalue weighted by Gasteiger charge is -2.73. The highest BCUT2D eigenvalue weighted by molar-refractivity contribution is 7.15. The second-order valence-corrected chi connectivity index (χ2v) is 9.27. The van der Waals surface area contributed by atoms with Crippen LogP contribution in [0.4, 0.5) is 0 Å². The molecular weight excluding hydrogens is 302 g/mol. The van der Waals surface area contributed by atoms with Gasteiger partial charge in [0.1, 0.15) is 6.29 Å². The van der Waals surface area contributed by atoms with Gasteiger partial charge in [-0.1, -0.05) is 24.3 Å². The Kier molecular flexibility index (Phi) is 2.21. The first kappa shape index (κ1) is 12.9. The van der Waals surface area contributed by atoms with Crippen molar-refractivity contribution < 1.29 is 4.79 Å². The summed E-state index contributed by atoms with van der Waals surface area (Å²) in [5.41, 5.74) is 3.03. The number of rotatable bonds is 3. The number of carbonyl (C=O) groups excluding carboxylic acids is 1. The Morgan fingerprint density at radius 2 is 1.83 bits per heavy atom. The lowest BCUT2D eigenvalue weighted by atomic mass is 9.30. The van der Waals surface area contributed by atoms with Gasteiger partial charge < -0.3 is 0 Å². The first-order valence-electron chi connectivity index (χ1n) is 8.77. The second-order valence-electron chi connectivity index (χ2n) is 8.24. The van der Waals surface area contributed by atoms with E-state index in [4.69, 9.17) is 4.98 Å². The molecule has 3 heteroatoms. The van der Waals surface area contributed by atoms with E-state index in [-0.39, 0.29) is 0 Å². The topological polar surface area (TPSA) is 30.0 Å². The molecule has 0 amide bonds. The van der Waals surface area contributed by atoms with Crippen LogP contribution in [0.25, 0.3) is 10.4 Å². The van der Waals surface area contributed by atoms with Crippen LogP contribution in [0.5, 0.6) is 0 Å². The van der Waals surface area contributed by atoms with Crippen LogP contribution in [-0.2, 0) is 5.41 Å². The summed E-state index contributed by atoms with van der Waals surface area (Å²) in [6.07, 6.45) is 10.3. The number of nitrogens with zero attached hydrogens (tertiary/aromatic N) is 1. The SMILES string of the molecule is O=Cc1ccc(-c2cnc(C34CC5CC6CC(C3)C54C6)s2)cc1. The highest BCUT2D eigenvalue weighted by Gasteiger charge is 2.82. The van der Waals surface area contributed by atoms with E-state index >= 15 is 0 Å². The zero-order valence-corrected chi connectivity index (χ0v) is 13.8.